The molecule has 1 amide bonds. The number of hydrogen-bond acceptors (Lipinski definition) is 2. The van der Waals surface area contributed by atoms with Gasteiger partial charge in [0, 0.05) is 6.42 Å². The van der Waals surface area contributed by atoms with Gasteiger partial charge in [0.15, 0.2) is 5.75 Å². The number of hydroxylamine groups is 1. The number of benzene rings is 1. The van der Waals surface area contributed by atoms with Crippen LogP contribution < -0.4 is 10.3 Å². The molecule has 1 aromatic rings. The van der Waals surface area contributed by atoms with Gasteiger partial charge < -0.3 is 4.84 Å². The van der Waals surface area contributed by atoms with Gasteiger partial charge in [-0.05, 0) is 18.1 Å². The van der Waals surface area contributed by atoms with Crippen molar-refractivity contribution in [2.75, 3.05) is 0 Å². The molecule has 1 aliphatic rings. The lowest BCUT2D eigenvalue weighted by atomic mass is 10.1. The second kappa shape index (κ2) is 2.85. The average Bonchev–Trinajstić information content (AvgIpc) is 2.29. The zero-order valence-electron chi connectivity index (χ0n) is 6.54. The van der Waals surface area contributed by atoms with Crippen LogP contribution >= 0.6 is 0 Å². The van der Waals surface area contributed by atoms with Crippen molar-refractivity contribution < 1.29 is 9.63 Å². The van der Waals surface area contributed by atoms with Crippen LogP contribution in [-0.4, -0.2) is 5.91 Å². The van der Waals surface area contributed by atoms with E-state index in [2.05, 4.69) is 5.48 Å². The van der Waals surface area contributed by atoms with Gasteiger partial charge in [-0.2, -0.15) is 5.48 Å². The molecular formula is C9H9NO2. The van der Waals surface area contributed by atoms with Gasteiger partial charge in [0.2, 0.25) is 0 Å². The van der Waals surface area contributed by atoms with Gasteiger partial charge in [0.25, 0.3) is 5.91 Å². The molecular weight excluding hydrogens is 154 g/mol. The van der Waals surface area contributed by atoms with E-state index in [9.17, 15) is 4.79 Å². The van der Waals surface area contributed by atoms with Crippen LogP contribution in [0.4, 0.5) is 0 Å². The highest BCUT2D eigenvalue weighted by Gasteiger charge is 2.11. The number of fused-ring (bicyclic) bond motifs is 1. The number of rotatable bonds is 0. The Labute approximate surface area is 70.3 Å². The predicted octanol–water partition coefficient (Wildman–Crippen LogP) is 1.04. The minimum atomic E-state index is -0.0637. The quantitative estimate of drug-likeness (QED) is 0.620. The molecule has 3 heteroatoms. The Balaban J connectivity index is 2.32. The number of amides is 1. The van der Waals surface area contributed by atoms with Gasteiger partial charge in [-0.15, -0.1) is 0 Å². The third kappa shape index (κ3) is 1.25. The average molecular weight is 163 g/mol. The zero-order valence-corrected chi connectivity index (χ0v) is 6.54. The van der Waals surface area contributed by atoms with E-state index in [1.165, 1.54) is 0 Å². The highest BCUT2D eigenvalue weighted by atomic mass is 16.7. The normalized spacial score (nSPS) is 15.5. The Morgan fingerprint density at radius 1 is 1.25 bits per heavy atom. The number of aryl methyl sites for hydroxylation is 1. The molecule has 1 N–H and O–H groups in total. The van der Waals surface area contributed by atoms with Crippen LogP contribution in [-0.2, 0) is 11.2 Å². The van der Waals surface area contributed by atoms with Crippen molar-refractivity contribution in [2.45, 2.75) is 12.8 Å². The highest BCUT2D eigenvalue weighted by Crippen LogP contribution is 2.20. The van der Waals surface area contributed by atoms with Crippen molar-refractivity contribution in [2.24, 2.45) is 0 Å². The molecule has 0 spiro atoms. The lowest BCUT2D eigenvalue weighted by Gasteiger charge is -2.03. The molecule has 1 aromatic carbocycles. The minimum absolute atomic E-state index is 0.0637. The maximum absolute atomic E-state index is 10.9. The summed E-state index contributed by atoms with van der Waals surface area (Å²) in [5.41, 5.74) is 3.44. The Kier molecular flexibility index (Phi) is 1.70. The van der Waals surface area contributed by atoms with Crippen LogP contribution in [0.15, 0.2) is 24.3 Å². The fourth-order valence-corrected chi connectivity index (χ4v) is 1.22. The molecule has 0 fully saturated rings. The Morgan fingerprint density at radius 2 is 2.08 bits per heavy atom. The second-order valence-corrected chi connectivity index (χ2v) is 2.74. The summed E-state index contributed by atoms with van der Waals surface area (Å²) >= 11 is 0. The van der Waals surface area contributed by atoms with Crippen LogP contribution in [0.3, 0.4) is 0 Å². The molecule has 0 unspecified atom stereocenters. The lowest BCUT2D eigenvalue weighted by molar-refractivity contribution is -0.127. The van der Waals surface area contributed by atoms with Crippen molar-refractivity contribution in [1.29, 1.82) is 0 Å². The molecule has 0 atom stereocenters. The van der Waals surface area contributed by atoms with Crippen LogP contribution in [0.2, 0.25) is 0 Å². The topological polar surface area (TPSA) is 38.3 Å². The Morgan fingerprint density at radius 3 is 3.00 bits per heavy atom. The van der Waals surface area contributed by atoms with Crippen molar-refractivity contribution in [3.8, 4) is 5.75 Å². The van der Waals surface area contributed by atoms with Crippen molar-refractivity contribution in [1.82, 2.24) is 5.48 Å². The van der Waals surface area contributed by atoms with E-state index >= 15 is 0 Å². The standard InChI is InChI=1S/C9H9NO2/c11-9-6-5-7-3-1-2-4-8(7)12-10-9/h1-4H,5-6H2,(H,10,11). The van der Waals surface area contributed by atoms with Gasteiger partial charge in [-0.25, -0.2) is 0 Å². The van der Waals surface area contributed by atoms with Crippen LogP contribution in [0.5, 0.6) is 5.75 Å². The first-order valence-corrected chi connectivity index (χ1v) is 3.90. The zero-order chi connectivity index (χ0) is 8.39. The maximum Gasteiger partial charge on any atom is 0.252 e. The lowest BCUT2D eigenvalue weighted by Crippen LogP contribution is -2.24. The number of hydrogen-bond donors (Lipinski definition) is 1. The summed E-state index contributed by atoms with van der Waals surface area (Å²) < 4.78 is 0. The van der Waals surface area contributed by atoms with Gasteiger partial charge in [0.1, 0.15) is 0 Å². The molecule has 0 aromatic heterocycles. The fraction of sp³-hybridized carbons (Fsp3) is 0.222. The van der Waals surface area contributed by atoms with Crippen LogP contribution in [0.1, 0.15) is 12.0 Å². The molecule has 3 nitrogen and oxygen atoms in total. The second-order valence-electron chi connectivity index (χ2n) is 2.74. The minimum Gasteiger partial charge on any atom is -0.379 e. The van der Waals surface area contributed by atoms with Crippen LogP contribution in [0.25, 0.3) is 0 Å². The SMILES string of the molecule is O=C1CCc2ccccc2ON1. The molecule has 0 saturated heterocycles. The van der Waals surface area contributed by atoms with E-state index in [1.54, 1.807) is 0 Å². The summed E-state index contributed by atoms with van der Waals surface area (Å²) in [6.45, 7) is 0. The van der Waals surface area contributed by atoms with Gasteiger partial charge in [0.05, 0.1) is 0 Å². The van der Waals surface area contributed by atoms with E-state index in [0.717, 1.165) is 17.7 Å². The smallest absolute Gasteiger partial charge is 0.252 e. The van der Waals surface area contributed by atoms with Crippen LogP contribution in [0, 0.1) is 0 Å². The first kappa shape index (κ1) is 7.16. The number of carbonyl (C=O) groups is 1. The van der Waals surface area contributed by atoms with Crippen molar-refractivity contribution >= 4 is 5.91 Å². The summed E-state index contributed by atoms with van der Waals surface area (Å²) in [5, 5.41) is 0. The van der Waals surface area contributed by atoms with E-state index in [-0.39, 0.29) is 5.91 Å². The first-order valence-electron chi connectivity index (χ1n) is 3.90. The third-order valence-electron chi connectivity index (χ3n) is 1.87. The summed E-state index contributed by atoms with van der Waals surface area (Å²) in [5.74, 6) is 0.689. The maximum atomic E-state index is 10.9. The van der Waals surface area contributed by atoms with Gasteiger partial charge >= 0.3 is 0 Å². The monoisotopic (exact) mass is 163 g/mol. The predicted molar refractivity (Wildman–Crippen MR) is 43.5 cm³/mol. The molecule has 0 bridgehead atoms. The molecule has 2 rings (SSSR count). The van der Waals surface area contributed by atoms with Crippen molar-refractivity contribution in [3.63, 3.8) is 0 Å². The molecule has 0 saturated carbocycles. The third-order valence-corrected chi connectivity index (χ3v) is 1.87. The van der Waals surface area contributed by atoms with Gasteiger partial charge in [-0.3, -0.25) is 4.79 Å². The fourth-order valence-electron chi connectivity index (χ4n) is 1.22. The molecule has 1 heterocycles. The number of carbonyl (C=O) groups excluding carboxylic acids is 1. The Bertz CT molecular complexity index is 280. The van der Waals surface area contributed by atoms with E-state index in [4.69, 9.17) is 4.84 Å². The largest absolute Gasteiger partial charge is 0.379 e. The van der Waals surface area contributed by atoms with Crippen molar-refractivity contribution in [3.05, 3.63) is 29.8 Å². The number of nitrogens with one attached hydrogen (secondary N) is 1. The van der Waals surface area contributed by atoms with E-state index in [0.29, 0.717) is 6.42 Å². The highest BCUT2D eigenvalue weighted by molar-refractivity contribution is 5.76. The number of para-hydroxylation sites is 1. The molecule has 0 radical (unpaired) electrons. The Hall–Kier alpha value is -1.51. The summed E-state index contributed by atoms with van der Waals surface area (Å²) in [6, 6.07) is 7.64. The first-order chi connectivity index (χ1) is 5.86. The molecule has 62 valence electrons. The van der Waals surface area contributed by atoms with Gasteiger partial charge in [-0.1, -0.05) is 18.2 Å². The summed E-state index contributed by atoms with van der Waals surface area (Å²) in [4.78, 5) is 16.0. The molecule has 1 aliphatic heterocycles. The van der Waals surface area contributed by atoms with E-state index < -0.39 is 0 Å². The summed E-state index contributed by atoms with van der Waals surface area (Å²) in [6.07, 6.45) is 1.25. The molecule has 12 heavy (non-hydrogen) atoms. The summed E-state index contributed by atoms with van der Waals surface area (Å²) in [7, 11) is 0. The molecule has 0 aliphatic carbocycles. The van der Waals surface area contributed by atoms with E-state index in [1.807, 2.05) is 24.3 Å².